The van der Waals surface area contributed by atoms with Crippen LogP contribution in [-0.4, -0.2) is 41.3 Å². The summed E-state index contributed by atoms with van der Waals surface area (Å²) < 4.78 is 9.42. The van der Waals surface area contributed by atoms with Gasteiger partial charge >= 0.3 is 5.97 Å². The van der Waals surface area contributed by atoms with E-state index < -0.39 is 24.5 Å². The second kappa shape index (κ2) is 2.55. The van der Waals surface area contributed by atoms with E-state index in [0.29, 0.717) is 5.57 Å². The second-order valence-electron chi connectivity index (χ2n) is 2.74. The molecule has 5 heteroatoms. The molecule has 1 saturated heterocycles. The lowest BCUT2D eigenvalue weighted by Gasteiger charge is -2.28. The highest BCUT2D eigenvalue weighted by Crippen LogP contribution is 2.26. The van der Waals surface area contributed by atoms with E-state index in [1.807, 2.05) is 0 Å². The van der Waals surface area contributed by atoms with Crippen molar-refractivity contribution in [3.63, 3.8) is 0 Å². The Morgan fingerprint density at radius 1 is 1.50 bits per heavy atom. The minimum atomic E-state index is -1.15. The van der Waals surface area contributed by atoms with E-state index in [-0.39, 0.29) is 6.61 Å². The van der Waals surface area contributed by atoms with Gasteiger partial charge in [0, 0.05) is 11.6 Å². The fourth-order valence-electron chi connectivity index (χ4n) is 1.33. The number of fused-ring (bicyclic) bond motifs is 1. The van der Waals surface area contributed by atoms with Crippen molar-refractivity contribution < 1.29 is 24.5 Å². The molecule has 1 unspecified atom stereocenters. The van der Waals surface area contributed by atoms with Crippen molar-refractivity contribution in [3.8, 4) is 0 Å². The molecule has 0 aliphatic carbocycles. The Morgan fingerprint density at radius 3 is 2.92 bits per heavy atom. The van der Waals surface area contributed by atoms with Gasteiger partial charge in [0.15, 0.2) is 12.4 Å². The van der Waals surface area contributed by atoms with E-state index in [0.717, 1.165) is 0 Å². The summed E-state index contributed by atoms with van der Waals surface area (Å²) in [6.45, 7) is 0.000139. The Morgan fingerprint density at radius 2 is 2.25 bits per heavy atom. The number of hydrogen-bond donors (Lipinski definition) is 2. The Hall–Kier alpha value is -0.910. The first-order valence-electron chi connectivity index (χ1n) is 3.58. The normalized spacial score (nSPS) is 40.3. The summed E-state index contributed by atoms with van der Waals surface area (Å²) in [7, 11) is 0. The zero-order valence-corrected chi connectivity index (χ0v) is 6.14. The maximum Gasteiger partial charge on any atom is 0.331 e. The van der Waals surface area contributed by atoms with Gasteiger partial charge in [-0.1, -0.05) is 0 Å². The third-order valence-electron chi connectivity index (χ3n) is 1.92. The van der Waals surface area contributed by atoms with Crippen LogP contribution in [0.5, 0.6) is 0 Å². The number of esters is 1. The molecule has 0 bridgehead atoms. The van der Waals surface area contributed by atoms with Gasteiger partial charge in [0.25, 0.3) is 0 Å². The van der Waals surface area contributed by atoms with E-state index in [9.17, 15) is 9.90 Å². The molecule has 2 N–H and O–H groups in total. The number of rotatable bonds is 0. The smallest absolute Gasteiger partial charge is 0.331 e. The zero-order chi connectivity index (χ0) is 8.72. The minimum absolute atomic E-state index is 0.000139. The van der Waals surface area contributed by atoms with Gasteiger partial charge in [0.2, 0.25) is 0 Å². The molecule has 0 aromatic carbocycles. The van der Waals surface area contributed by atoms with Crippen LogP contribution in [-0.2, 0) is 14.3 Å². The maximum absolute atomic E-state index is 10.7. The Labute approximate surface area is 68.2 Å². The molecule has 2 heterocycles. The molecule has 2 rings (SSSR count). The van der Waals surface area contributed by atoms with Crippen LogP contribution in [0.3, 0.4) is 0 Å². The van der Waals surface area contributed by atoms with E-state index in [4.69, 9.17) is 9.84 Å². The number of carbonyl (C=O) groups is 1. The number of aliphatic hydroxyl groups excluding tert-OH is 2. The molecule has 2 aliphatic heterocycles. The monoisotopic (exact) mass is 172 g/mol. The van der Waals surface area contributed by atoms with Crippen LogP contribution >= 0.6 is 0 Å². The standard InChI is InChI=1S/C7H8O5/c8-4-2-11-7(10)6-3(4)1-5(9)12-6/h1,4,6-8,10H,2H2/t4-,6?,7+/m0/s1. The molecule has 0 aromatic rings. The lowest BCUT2D eigenvalue weighted by molar-refractivity contribution is -0.196. The quantitative estimate of drug-likeness (QED) is 0.437. The first-order valence-corrected chi connectivity index (χ1v) is 3.58. The Bertz CT molecular complexity index is 246. The maximum atomic E-state index is 10.7. The molecule has 12 heavy (non-hydrogen) atoms. The molecule has 0 aromatic heterocycles. The molecule has 2 aliphatic rings. The van der Waals surface area contributed by atoms with Crippen LogP contribution in [0.1, 0.15) is 0 Å². The third kappa shape index (κ3) is 1.03. The van der Waals surface area contributed by atoms with Crippen molar-refractivity contribution in [1.82, 2.24) is 0 Å². The van der Waals surface area contributed by atoms with Crippen LogP contribution in [0.2, 0.25) is 0 Å². The predicted octanol–water partition coefficient (Wildman–Crippen LogP) is -1.45. The van der Waals surface area contributed by atoms with Crippen molar-refractivity contribution in [2.45, 2.75) is 18.5 Å². The summed E-state index contributed by atoms with van der Waals surface area (Å²) in [5.41, 5.74) is 0.402. The van der Waals surface area contributed by atoms with E-state index in [2.05, 4.69) is 4.74 Å². The number of aliphatic hydroxyl groups is 2. The van der Waals surface area contributed by atoms with Gasteiger partial charge in [-0.2, -0.15) is 0 Å². The zero-order valence-electron chi connectivity index (χ0n) is 6.14. The van der Waals surface area contributed by atoms with Gasteiger partial charge in [-0.3, -0.25) is 0 Å². The van der Waals surface area contributed by atoms with Gasteiger partial charge in [-0.05, 0) is 0 Å². The van der Waals surface area contributed by atoms with Crippen molar-refractivity contribution in [3.05, 3.63) is 11.6 Å². The van der Waals surface area contributed by atoms with Crippen molar-refractivity contribution in [2.24, 2.45) is 0 Å². The number of hydrogen-bond acceptors (Lipinski definition) is 5. The summed E-state index contributed by atoms with van der Waals surface area (Å²) in [6, 6.07) is 0. The lowest BCUT2D eigenvalue weighted by atomic mass is 10.0. The van der Waals surface area contributed by atoms with Crippen molar-refractivity contribution >= 4 is 5.97 Å². The molecule has 0 spiro atoms. The first kappa shape index (κ1) is 7.72. The molecule has 0 saturated carbocycles. The highest BCUT2D eigenvalue weighted by Gasteiger charge is 2.40. The Kier molecular flexibility index (Phi) is 1.64. The van der Waals surface area contributed by atoms with Crippen LogP contribution in [0.15, 0.2) is 11.6 Å². The van der Waals surface area contributed by atoms with Crippen LogP contribution in [0.25, 0.3) is 0 Å². The average molecular weight is 172 g/mol. The lowest BCUT2D eigenvalue weighted by Crippen LogP contribution is -2.42. The molecule has 66 valence electrons. The van der Waals surface area contributed by atoms with Gasteiger partial charge in [-0.15, -0.1) is 0 Å². The first-order chi connectivity index (χ1) is 5.68. The largest absolute Gasteiger partial charge is 0.449 e. The number of carbonyl (C=O) groups excluding carboxylic acids is 1. The van der Waals surface area contributed by atoms with E-state index in [1.54, 1.807) is 0 Å². The van der Waals surface area contributed by atoms with Crippen LogP contribution < -0.4 is 0 Å². The fourth-order valence-corrected chi connectivity index (χ4v) is 1.33. The van der Waals surface area contributed by atoms with Crippen LogP contribution in [0, 0.1) is 0 Å². The summed E-state index contributed by atoms with van der Waals surface area (Å²) in [5, 5.41) is 18.4. The summed E-state index contributed by atoms with van der Waals surface area (Å²) >= 11 is 0. The molecular weight excluding hydrogens is 164 g/mol. The Balaban J connectivity index is 2.26. The second-order valence-corrected chi connectivity index (χ2v) is 2.74. The molecule has 1 fully saturated rings. The molecular formula is C7H8O5. The topological polar surface area (TPSA) is 76.0 Å². The van der Waals surface area contributed by atoms with E-state index in [1.165, 1.54) is 6.08 Å². The number of ether oxygens (including phenoxy) is 2. The summed E-state index contributed by atoms with van der Waals surface area (Å²) in [6.07, 6.45) is -1.61. The highest BCUT2D eigenvalue weighted by molar-refractivity contribution is 5.86. The van der Waals surface area contributed by atoms with Gasteiger partial charge < -0.3 is 19.7 Å². The molecule has 3 atom stereocenters. The van der Waals surface area contributed by atoms with Gasteiger partial charge in [0.1, 0.15) is 6.10 Å². The molecule has 0 amide bonds. The summed E-state index contributed by atoms with van der Waals surface area (Å²) in [5.74, 6) is -0.543. The van der Waals surface area contributed by atoms with E-state index >= 15 is 0 Å². The van der Waals surface area contributed by atoms with Gasteiger partial charge in [-0.25, -0.2) is 4.79 Å². The van der Waals surface area contributed by atoms with Crippen molar-refractivity contribution in [2.75, 3.05) is 6.61 Å². The molecule has 0 radical (unpaired) electrons. The SMILES string of the molecule is O=C1C=C2C(O1)[C@H](O)OC[C@@H]2O. The minimum Gasteiger partial charge on any atom is -0.449 e. The summed E-state index contributed by atoms with van der Waals surface area (Å²) in [4.78, 5) is 10.7. The van der Waals surface area contributed by atoms with Gasteiger partial charge in [0.05, 0.1) is 6.61 Å². The fraction of sp³-hybridized carbons (Fsp3) is 0.571. The highest BCUT2D eigenvalue weighted by atomic mass is 16.7. The third-order valence-corrected chi connectivity index (χ3v) is 1.92. The molecule has 5 nitrogen and oxygen atoms in total. The predicted molar refractivity (Wildman–Crippen MR) is 35.9 cm³/mol. The van der Waals surface area contributed by atoms with Crippen LogP contribution in [0.4, 0.5) is 0 Å². The average Bonchev–Trinajstić information content (AvgIpc) is 2.41. The van der Waals surface area contributed by atoms with Crippen molar-refractivity contribution in [1.29, 1.82) is 0 Å².